The van der Waals surface area contributed by atoms with Crippen molar-refractivity contribution in [2.45, 2.75) is 0 Å². The largest absolute Gasteiger partial charge is 0.477 e. The van der Waals surface area contributed by atoms with E-state index in [1.807, 2.05) is 0 Å². The van der Waals surface area contributed by atoms with Crippen LogP contribution in [-0.4, -0.2) is 16.1 Å². The zero-order chi connectivity index (χ0) is 13.1. The van der Waals surface area contributed by atoms with Crippen LogP contribution in [0.3, 0.4) is 0 Å². The van der Waals surface area contributed by atoms with Gasteiger partial charge in [-0.15, -0.1) is 0 Å². The Kier molecular flexibility index (Phi) is 3.43. The van der Waals surface area contributed by atoms with Crippen molar-refractivity contribution in [3.63, 3.8) is 0 Å². The summed E-state index contributed by atoms with van der Waals surface area (Å²) in [6.07, 6.45) is 0. The zero-order valence-corrected chi connectivity index (χ0v) is 9.69. The average Bonchev–Trinajstić information content (AvgIpc) is 2.32. The van der Waals surface area contributed by atoms with E-state index in [0.29, 0.717) is 0 Å². The van der Waals surface area contributed by atoms with Crippen molar-refractivity contribution in [2.75, 3.05) is 0 Å². The molecule has 0 radical (unpaired) electrons. The number of carbonyl (C=O) groups is 1. The van der Waals surface area contributed by atoms with Crippen LogP contribution in [0.25, 0.3) is 0 Å². The van der Waals surface area contributed by atoms with E-state index in [2.05, 4.69) is 4.98 Å². The molecule has 4 nitrogen and oxygen atoms in total. The second-order valence-electron chi connectivity index (χ2n) is 3.35. The average molecular weight is 268 g/mol. The SMILES string of the molecule is O=C(O)c1ccc(Cl)nc1Oc1ccc(F)cc1. The van der Waals surface area contributed by atoms with Gasteiger partial charge in [-0.05, 0) is 36.4 Å². The lowest BCUT2D eigenvalue weighted by Gasteiger charge is -2.07. The molecule has 0 unspecified atom stereocenters. The molecule has 2 aromatic rings. The summed E-state index contributed by atoms with van der Waals surface area (Å²) in [4.78, 5) is 14.7. The summed E-state index contributed by atoms with van der Waals surface area (Å²) >= 11 is 5.67. The summed E-state index contributed by atoms with van der Waals surface area (Å²) in [6.45, 7) is 0. The number of ether oxygens (including phenoxy) is 1. The molecule has 0 amide bonds. The maximum absolute atomic E-state index is 12.7. The monoisotopic (exact) mass is 267 g/mol. The number of benzene rings is 1. The van der Waals surface area contributed by atoms with Crippen LogP contribution in [0.1, 0.15) is 10.4 Å². The van der Waals surface area contributed by atoms with E-state index in [1.54, 1.807) is 0 Å². The molecule has 0 bridgehead atoms. The third kappa shape index (κ3) is 2.75. The number of nitrogens with zero attached hydrogens (tertiary/aromatic N) is 1. The molecule has 0 spiro atoms. The summed E-state index contributed by atoms with van der Waals surface area (Å²) in [6, 6.07) is 7.76. The van der Waals surface area contributed by atoms with Gasteiger partial charge in [-0.1, -0.05) is 11.6 Å². The van der Waals surface area contributed by atoms with Gasteiger partial charge in [0.25, 0.3) is 0 Å². The van der Waals surface area contributed by atoms with Crippen LogP contribution in [0.2, 0.25) is 5.15 Å². The van der Waals surface area contributed by atoms with Gasteiger partial charge in [0.05, 0.1) is 0 Å². The highest BCUT2D eigenvalue weighted by atomic mass is 35.5. The zero-order valence-electron chi connectivity index (χ0n) is 8.93. The van der Waals surface area contributed by atoms with Crippen LogP contribution >= 0.6 is 11.6 Å². The van der Waals surface area contributed by atoms with Gasteiger partial charge in [0.15, 0.2) is 0 Å². The fraction of sp³-hybridized carbons (Fsp3) is 0. The van der Waals surface area contributed by atoms with Crippen LogP contribution in [0, 0.1) is 5.82 Å². The number of aromatic carboxylic acids is 1. The molecule has 0 aliphatic carbocycles. The van der Waals surface area contributed by atoms with Crippen molar-refractivity contribution in [1.82, 2.24) is 4.98 Å². The first kappa shape index (κ1) is 12.3. The van der Waals surface area contributed by atoms with Crippen LogP contribution in [0.15, 0.2) is 36.4 Å². The molecule has 1 heterocycles. The maximum atomic E-state index is 12.7. The van der Waals surface area contributed by atoms with Gasteiger partial charge in [-0.2, -0.15) is 0 Å². The van der Waals surface area contributed by atoms with Gasteiger partial charge in [0.1, 0.15) is 22.3 Å². The highest BCUT2D eigenvalue weighted by Crippen LogP contribution is 2.25. The molecule has 0 saturated heterocycles. The molecule has 0 aliphatic rings. The van der Waals surface area contributed by atoms with Crippen LogP contribution in [-0.2, 0) is 0 Å². The molecule has 18 heavy (non-hydrogen) atoms. The summed E-state index contributed by atoms with van der Waals surface area (Å²) in [5.41, 5.74) is -0.122. The van der Waals surface area contributed by atoms with E-state index in [4.69, 9.17) is 21.4 Å². The lowest BCUT2D eigenvalue weighted by Crippen LogP contribution is -2.02. The molecule has 0 atom stereocenters. The summed E-state index contributed by atoms with van der Waals surface area (Å²) < 4.78 is 18.0. The third-order valence-corrected chi connectivity index (χ3v) is 2.30. The van der Waals surface area contributed by atoms with E-state index < -0.39 is 11.8 Å². The second kappa shape index (κ2) is 5.01. The number of pyridine rings is 1. The molecular formula is C12H7ClFNO3. The van der Waals surface area contributed by atoms with E-state index in [-0.39, 0.29) is 22.3 Å². The smallest absolute Gasteiger partial charge is 0.341 e. The normalized spacial score (nSPS) is 10.1. The minimum absolute atomic E-state index is 0.108. The molecule has 6 heteroatoms. The lowest BCUT2D eigenvalue weighted by molar-refractivity contribution is 0.0693. The first-order valence-electron chi connectivity index (χ1n) is 4.89. The van der Waals surface area contributed by atoms with E-state index in [0.717, 1.165) is 0 Å². The molecule has 0 fully saturated rings. The Morgan fingerprint density at radius 2 is 1.89 bits per heavy atom. The number of carboxylic acid groups (broad SMARTS) is 1. The van der Waals surface area contributed by atoms with Gasteiger partial charge >= 0.3 is 5.97 Å². The van der Waals surface area contributed by atoms with Crippen LogP contribution in [0.5, 0.6) is 11.6 Å². The minimum Gasteiger partial charge on any atom is -0.477 e. The van der Waals surface area contributed by atoms with Crippen molar-refractivity contribution in [3.8, 4) is 11.6 Å². The topological polar surface area (TPSA) is 59.4 Å². The van der Waals surface area contributed by atoms with Gasteiger partial charge < -0.3 is 9.84 Å². The van der Waals surface area contributed by atoms with Crippen molar-refractivity contribution >= 4 is 17.6 Å². The Morgan fingerprint density at radius 1 is 1.22 bits per heavy atom. The van der Waals surface area contributed by atoms with Crippen LogP contribution in [0.4, 0.5) is 4.39 Å². The highest BCUT2D eigenvalue weighted by molar-refractivity contribution is 6.29. The molecule has 0 aliphatic heterocycles. The van der Waals surface area contributed by atoms with Crippen LogP contribution < -0.4 is 4.74 Å². The van der Waals surface area contributed by atoms with Crippen molar-refractivity contribution in [3.05, 3.63) is 52.9 Å². The number of carboxylic acids is 1. The predicted octanol–water partition coefficient (Wildman–Crippen LogP) is 3.36. The van der Waals surface area contributed by atoms with Gasteiger partial charge in [0.2, 0.25) is 5.88 Å². The highest BCUT2D eigenvalue weighted by Gasteiger charge is 2.14. The van der Waals surface area contributed by atoms with Gasteiger partial charge in [-0.3, -0.25) is 0 Å². The maximum Gasteiger partial charge on any atom is 0.341 e. The Labute approximate surface area is 107 Å². The Bertz CT molecular complexity index is 586. The summed E-state index contributed by atoms with van der Waals surface area (Å²) in [7, 11) is 0. The van der Waals surface area contributed by atoms with Gasteiger partial charge in [-0.25, -0.2) is 14.2 Å². The van der Waals surface area contributed by atoms with Crippen molar-refractivity contribution < 1.29 is 19.0 Å². The van der Waals surface area contributed by atoms with Crippen molar-refractivity contribution in [1.29, 1.82) is 0 Å². The van der Waals surface area contributed by atoms with Gasteiger partial charge in [0, 0.05) is 0 Å². The molecule has 1 N–H and O–H groups in total. The van der Waals surface area contributed by atoms with E-state index in [1.165, 1.54) is 36.4 Å². The van der Waals surface area contributed by atoms with E-state index in [9.17, 15) is 9.18 Å². The fourth-order valence-electron chi connectivity index (χ4n) is 1.27. The third-order valence-electron chi connectivity index (χ3n) is 2.08. The molecule has 2 rings (SSSR count). The number of hydrogen-bond acceptors (Lipinski definition) is 3. The van der Waals surface area contributed by atoms with Crippen molar-refractivity contribution in [2.24, 2.45) is 0 Å². The standard InChI is InChI=1S/C12H7ClFNO3/c13-10-6-5-9(12(16)17)11(15-10)18-8-3-1-7(14)2-4-8/h1-6H,(H,16,17). The molecule has 1 aromatic heterocycles. The first-order chi connectivity index (χ1) is 8.56. The minimum atomic E-state index is -1.18. The molecular weight excluding hydrogens is 261 g/mol. The summed E-state index contributed by atoms with van der Waals surface area (Å²) in [5, 5.41) is 9.06. The summed E-state index contributed by atoms with van der Waals surface area (Å²) in [5.74, 6) is -1.47. The fourth-order valence-corrected chi connectivity index (χ4v) is 1.41. The Morgan fingerprint density at radius 3 is 2.50 bits per heavy atom. The molecule has 92 valence electrons. The number of halogens is 2. The lowest BCUT2D eigenvalue weighted by atomic mass is 10.3. The molecule has 0 saturated carbocycles. The number of aromatic nitrogens is 1. The Balaban J connectivity index is 2.35. The number of hydrogen-bond donors (Lipinski definition) is 1. The first-order valence-corrected chi connectivity index (χ1v) is 5.27. The number of rotatable bonds is 3. The Hall–Kier alpha value is -2.14. The molecule has 1 aromatic carbocycles. The quantitative estimate of drug-likeness (QED) is 0.866. The van der Waals surface area contributed by atoms with E-state index >= 15 is 0 Å². The second-order valence-corrected chi connectivity index (χ2v) is 3.74. The predicted molar refractivity (Wildman–Crippen MR) is 62.7 cm³/mol.